The summed E-state index contributed by atoms with van der Waals surface area (Å²) >= 11 is 0. The minimum absolute atomic E-state index is 0.567. The molecule has 0 N–H and O–H groups in total. The quantitative estimate of drug-likeness (QED) is 0.172. The predicted octanol–water partition coefficient (Wildman–Crippen LogP) is 13.4. The first kappa shape index (κ1) is 32.1. The smallest absolute Gasteiger partial charge is 0.160 e. The van der Waals surface area contributed by atoms with Crippen molar-refractivity contribution in [3.8, 4) is 56.2 Å². The lowest BCUT2D eigenvalue weighted by atomic mass is 9.66. The topological polar surface area (TPSA) is 38.9 Å². The Bertz CT molecular complexity index is 3030. The van der Waals surface area contributed by atoms with Crippen LogP contribution in [0.5, 0.6) is 0 Å². The summed E-state index contributed by atoms with van der Waals surface area (Å²) in [6, 6.07) is 73.2. The Kier molecular flexibility index (Phi) is 7.39. The van der Waals surface area contributed by atoms with E-state index in [0.717, 1.165) is 61.1 Å². The van der Waals surface area contributed by atoms with Gasteiger partial charge in [0, 0.05) is 33.0 Å². The predicted molar refractivity (Wildman–Crippen MR) is 228 cm³/mol. The maximum Gasteiger partial charge on any atom is 0.160 e. The molecule has 1 aliphatic rings. The highest BCUT2D eigenvalue weighted by Gasteiger charge is 2.47. The SMILES string of the molecule is c1ccc(-c2nc(-c3ccc(-c4cccc5c4oc4ccccc45)cc3)cc(-c3ccccc3C3(c4ccccc4)c4ccccc4-c4ccccc43)n2)cc1. The lowest BCUT2D eigenvalue weighted by Crippen LogP contribution is -2.29. The van der Waals surface area contributed by atoms with Crippen molar-refractivity contribution in [1.82, 2.24) is 9.97 Å². The fourth-order valence-corrected chi connectivity index (χ4v) is 8.96. The highest BCUT2D eigenvalue weighted by atomic mass is 16.3. The zero-order valence-electron chi connectivity index (χ0n) is 30.4. The molecule has 0 spiro atoms. The minimum atomic E-state index is -0.567. The molecule has 0 saturated heterocycles. The average molecular weight is 715 g/mol. The van der Waals surface area contributed by atoms with Gasteiger partial charge < -0.3 is 4.42 Å². The van der Waals surface area contributed by atoms with E-state index in [1.165, 1.54) is 33.4 Å². The lowest BCUT2D eigenvalue weighted by molar-refractivity contribution is 0.670. The molecular weight excluding hydrogens is 681 g/mol. The molecule has 0 amide bonds. The van der Waals surface area contributed by atoms with E-state index in [2.05, 4.69) is 176 Å². The molecule has 0 radical (unpaired) electrons. The summed E-state index contributed by atoms with van der Waals surface area (Å²) in [4.78, 5) is 10.6. The van der Waals surface area contributed by atoms with Gasteiger partial charge in [-0.1, -0.05) is 194 Å². The van der Waals surface area contributed by atoms with Gasteiger partial charge in [-0.15, -0.1) is 0 Å². The standard InChI is InChI=1S/C53H34N2O/c1-3-16-37(17-4-1)52-54-48(36-32-30-35(31-33-36)39-24-15-25-43-42-22-10-14-29-50(42)56-51(39)43)34-49(55-52)44-23-9-13-28-47(44)53(38-18-5-2-6-19-38)45-26-11-7-20-40(45)41-21-8-12-27-46(41)53/h1-34H. The van der Waals surface area contributed by atoms with Gasteiger partial charge in [0.1, 0.15) is 11.2 Å². The highest BCUT2D eigenvalue weighted by molar-refractivity contribution is 6.09. The molecule has 11 rings (SSSR count). The van der Waals surface area contributed by atoms with Crippen LogP contribution in [0.25, 0.3) is 78.1 Å². The van der Waals surface area contributed by atoms with Crippen LogP contribution in [0, 0.1) is 0 Å². The molecule has 0 bridgehead atoms. The Balaban J connectivity index is 1.11. The molecule has 0 aliphatic heterocycles. The molecule has 3 nitrogen and oxygen atoms in total. The second kappa shape index (κ2) is 12.9. The fraction of sp³-hybridized carbons (Fsp3) is 0.0189. The van der Waals surface area contributed by atoms with Gasteiger partial charge in [-0.25, -0.2) is 9.97 Å². The van der Waals surface area contributed by atoms with E-state index in [4.69, 9.17) is 14.4 Å². The number of hydrogen-bond donors (Lipinski definition) is 0. The van der Waals surface area contributed by atoms with E-state index in [1.807, 2.05) is 30.3 Å². The Labute approximate surface area is 325 Å². The molecule has 2 aromatic heterocycles. The first-order valence-electron chi connectivity index (χ1n) is 19.1. The van der Waals surface area contributed by atoms with Gasteiger partial charge in [0.2, 0.25) is 0 Å². The van der Waals surface area contributed by atoms with Crippen molar-refractivity contribution >= 4 is 21.9 Å². The van der Waals surface area contributed by atoms with Gasteiger partial charge in [-0.3, -0.25) is 0 Å². The van der Waals surface area contributed by atoms with Crippen LogP contribution >= 0.6 is 0 Å². The average Bonchev–Trinajstić information content (AvgIpc) is 3.81. The monoisotopic (exact) mass is 714 g/mol. The number of furan rings is 1. The zero-order valence-corrected chi connectivity index (χ0v) is 30.4. The first-order valence-corrected chi connectivity index (χ1v) is 19.1. The molecule has 0 unspecified atom stereocenters. The summed E-state index contributed by atoms with van der Waals surface area (Å²) in [7, 11) is 0. The van der Waals surface area contributed by atoms with E-state index >= 15 is 0 Å². The maximum absolute atomic E-state index is 6.40. The normalized spacial score (nSPS) is 12.8. The molecule has 262 valence electrons. The Morgan fingerprint density at radius 2 is 0.875 bits per heavy atom. The van der Waals surface area contributed by atoms with Crippen LogP contribution in [-0.2, 0) is 5.41 Å². The number of para-hydroxylation sites is 2. The van der Waals surface area contributed by atoms with E-state index in [-0.39, 0.29) is 0 Å². The summed E-state index contributed by atoms with van der Waals surface area (Å²) < 4.78 is 6.40. The number of nitrogens with zero attached hydrogens (tertiary/aromatic N) is 2. The van der Waals surface area contributed by atoms with Crippen molar-refractivity contribution in [2.24, 2.45) is 0 Å². The number of hydrogen-bond acceptors (Lipinski definition) is 3. The lowest BCUT2D eigenvalue weighted by Gasteiger charge is -2.35. The number of aromatic nitrogens is 2. The first-order chi connectivity index (χ1) is 27.8. The second-order valence-electron chi connectivity index (χ2n) is 14.4. The molecule has 2 heterocycles. The van der Waals surface area contributed by atoms with Crippen molar-refractivity contribution in [3.05, 3.63) is 229 Å². The molecule has 0 fully saturated rings. The Hall–Kier alpha value is -7.36. The van der Waals surface area contributed by atoms with Crippen molar-refractivity contribution in [2.45, 2.75) is 5.41 Å². The van der Waals surface area contributed by atoms with Crippen LogP contribution in [0.2, 0.25) is 0 Å². The molecule has 0 saturated carbocycles. The van der Waals surface area contributed by atoms with E-state index in [9.17, 15) is 0 Å². The van der Waals surface area contributed by atoms with Crippen molar-refractivity contribution < 1.29 is 4.42 Å². The molecule has 56 heavy (non-hydrogen) atoms. The fourth-order valence-electron chi connectivity index (χ4n) is 8.96. The van der Waals surface area contributed by atoms with Gasteiger partial charge in [0.25, 0.3) is 0 Å². The molecule has 3 heteroatoms. The van der Waals surface area contributed by atoms with Gasteiger partial charge in [0.05, 0.1) is 16.8 Å². The number of fused-ring (bicyclic) bond motifs is 6. The van der Waals surface area contributed by atoms with Crippen LogP contribution in [0.3, 0.4) is 0 Å². The van der Waals surface area contributed by atoms with E-state index in [1.54, 1.807) is 0 Å². The largest absolute Gasteiger partial charge is 0.455 e. The van der Waals surface area contributed by atoms with Crippen molar-refractivity contribution in [2.75, 3.05) is 0 Å². The zero-order chi connectivity index (χ0) is 37.1. The van der Waals surface area contributed by atoms with E-state index in [0.29, 0.717) is 5.82 Å². The third kappa shape index (κ3) is 4.91. The van der Waals surface area contributed by atoms with Crippen LogP contribution in [0.1, 0.15) is 22.3 Å². The molecule has 1 aliphatic carbocycles. The van der Waals surface area contributed by atoms with Gasteiger partial charge in [-0.2, -0.15) is 0 Å². The molecular formula is C53H34N2O. The van der Waals surface area contributed by atoms with E-state index < -0.39 is 5.41 Å². The third-order valence-electron chi connectivity index (χ3n) is 11.4. The summed E-state index contributed by atoms with van der Waals surface area (Å²) in [5.41, 5.74) is 15.6. The molecule has 0 atom stereocenters. The van der Waals surface area contributed by atoms with Crippen LogP contribution in [0.4, 0.5) is 0 Å². The molecule has 8 aromatic carbocycles. The van der Waals surface area contributed by atoms with Gasteiger partial charge >= 0.3 is 0 Å². The Morgan fingerprint density at radius 3 is 1.59 bits per heavy atom. The minimum Gasteiger partial charge on any atom is -0.455 e. The summed E-state index contributed by atoms with van der Waals surface area (Å²) in [5.74, 6) is 0.685. The summed E-state index contributed by atoms with van der Waals surface area (Å²) in [6.45, 7) is 0. The summed E-state index contributed by atoms with van der Waals surface area (Å²) in [6.07, 6.45) is 0. The third-order valence-corrected chi connectivity index (χ3v) is 11.4. The summed E-state index contributed by atoms with van der Waals surface area (Å²) in [5, 5.41) is 2.25. The highest BCUT2D eigenvalue weighted by Crippen LogP contribution is 2.57. The van der Waals surface area contributed by atoms with Crippen molar-refractivity contribution in [1.29, 1.82) is 0 Å². The Morgan fingerprint density at radius 1 is 0.357 bits per heavy atom. The van der Waals surface area contributed by atoms with Crippen LogP contribution in [-0.4, -0.2) is 9.97 Å². The van der Waals surface area contributed by atoms with Gasteiger partial charge in [-0.05, 0) is 51.1 Å². The van der Waals surface area contributed by atoms with Crippen molar-refractivity contribution in [3.63, 3.8) is 0 Å². The van der Waals surface area contributed by atoms with Crippen LogP contribution in [0.15, 0.2) is 211 Å². The second-order valence-corrected chi connectivity index (χ2v) is 14.4. The van der Waals surface area contributed by atoms with Crippen LogP contribution < -0.4 is 0 Å². The number of rotatable bonds is 6. The van der Waals surface area contributed by atoms with Gasteiger partial charge in [0.15, 0.2) is 5.82 Å². The number of benzene rings is 8. The molecule has 10 aromatic rings. The maximum atomic E-state index is 6.40.